The molecule has 3 nitrogen and oxygen atoms in total. The molecule has 0 amide bonds. The van der Waals surface area contributed by atoms with Crippen LogP contribution in [0.4, 0.5) is 0 Å². The van der Waals surface area contributed by atoms with Gasteiger partial charge in [-0.2, -0.15) is 0 Å². The summed E-state index contributed by atoms with van der Waals surface area (Å²) in [6, 6.07) is 25.2. The fourth-order valence-electron chi connectivity index (χ4n) is 3.88. The average molecular weight is 431 g/mol. The number of benzene rings is 3. The van der Waals surface area contributed by atoms with E-state index in [0.717, 1.165) is 40.1 Å². The summed E-state index contributed by atoms with van der Waals surface area (Å²) in [5, 5.41) is 3.35. The molecule has 1 aliphatic rings. The zero-order valence-corrected chi connectivity index (χ0v) is 18.2. The molecule has 5 heteroatoms. The van der Waals surface area contributed by atoms with Crippen LogP contribution in [0.15, 0.2) is 87.6 Å². The summed E-state index contributed by atoms with van der Waals surface area (Å²) in [6.07, 6.45) is 1.71. The molecule has 0 unspecified atom stereocenters. The molecule has 0 atom stereocenters. The summed E-state index contributed by atoms with van der Waals surface area (Å²) in [5.41, 5.74) is 3.61. The highest BCUT2D eigenvalue weighted by molar-refractivity contribution is 7.99. The lowest BCUT2D eigenvalue weighted by Gasteiger charge is -2.14. The van der Waals surface area contributed by atoms with E-state index >= 15 is 0 Å². The van der Waals surface area contributed by atoms with Crippen LogP contribution in [0.1, 0.15) is 16.8 Å². The van der Waals surface area contributed by atoms with Crippen LogP contribution in [0.5, 0.6) is 0 Å². The summed E-state index contributed by atoms with van der Waals surface area (Å²) in [5.74, 6) is 1.75. The second-order valence-electron chi connectivity index (χ2n) is 7.39. The molecular weight excluding hydrogens is 408 g/mol. The molecule has 0 saturated heterocycles. The van der Waals surface area contributed by atoms with E-state index in [2.05, 4.69) is 54.6 Å². The third-order valence-corrected chi connectivity index (χ3v) is 7.58. The number of hydrogen-bond donors (Lipinski definition) is 0. The number of nitrogens with zero attached hydrogens (tertiary/aromatic N) is 2. The number of rotatable bonds is 6. The molecular formula is C25H22N2OS2. The first kappa shape index (κ1) is 19.5. The van der Waals surface area contributed by atoms with Crippen LogP contribution >= 0.6 is 23.5 Å². The molecule has 0 saturated carbocycles. The van der Waals surface area contributed by atoms with Crippen LogP contribution in [-0.4, -0.2) is 15.3 Å². The lowest BCUT2D eigenvalue weighted by molar-refractivity contribution is 0.565. The van der Waals surface area contributed by atoms with Gasteiger partial charge in [-0.3, -0.25) is 9.36 Å². The van der Waals surface area contributed by atoms with Gasteiger partial charge in [-0.15, -0.1) is 11.8 Å². The molecule has 5 rings (SSSR count). The molecule has 1 aromatic heterocycles. The number of aromatic nitrogens is 2. The second-order valence-corrected chi connectivity index (χ2v) is 9.44. The summed E-state index contributed by atoms with van der Waals surface area (Å²) in [4.78, 5) is 19.0. The van der Waals surface area contributed by atoms with Gasteiger partial charge < -0.3 is 0 Å². The van der Waals surface area contributed by atoms with Crippen molar-refractivity contribution >= 4 is 34.3 Å². The van der Waals surface area contributed by atoms with Crippen molar-refractivity contribution in [2.75, 3.05) is 5.75 Å². The fraction of sp³-hybridized carbons (Fsp3) is 0.200. The zero-order valence-electron chi connectivity index (χ0n) is 16.6. The van der Waals surface area contributed by atoms with Gasteiger partial charge in [0.1, 0.15) is 0 Å². The molecule has 3 aromatic carbocycles. The Kier molecular flexibility index (Phi) is 5.65. The van der Waals surface area contributed by atoms with Gasteiger partial charge in [0.2, 0.25) is 0 Å². The third-order valence-electron chi connectivity index (χ3n) is 5.45. The Morgan fingerprint density at radius 3 is 2.67 bits per heavy atom. The quantitative estimate of drug-likeness (QED) is 0.295. The Morgan fingerprint density at radius 1 is 0.967 bits per heavy atom. The van der Waals surface area contributed by atoms with E-state index in [1.165, 1.54) is 21.9 Å². The highest BCUT2D eigenvalue weighted by Crippen LogP contribution is 2.31. The van der Waals surface area contributed by atoms with E-state index in [4.69, 9.17) is 4.98 Å². The van der Waals surface area contributed by atoms with Gasteiger partial charge in [0.25, 0.3) is 5.56 Å². The van der Waals surface area contributed by atoms with E-state index in [-0.39, 0.29) is 5.56 Å². The van der Waals surface area contributed by atoms with Gasteiger partial charge in [0, 0.05) is 24.5 Å². The minimum Gasteiger partial charge on any atom is -0.286 e. The number of hydrogen-bond acceptors (Lipinski definition) is 4. The predicted octanol–water partition coefficient (Wildman–Crippen LogP) is 5.58. The molecule has 0 aliphatic carbocycles. The van der Waals surface area contributed by atoms with Gasteiger partial charge in [-0.25, -0.2) is 4.98 Å². The first-order valence-corrected chi connectivity index (χ1v) is 12.2. The van der Waals surface area contributed by atoms with E-state index in [1.807, 2.05) is 22.8 Å². The van der Waals surface area contributed by atoms with E-state index in [9.17, 15) is 4.79 Å². The second kappa shape index (κ2) is 8.70. The molecule has 150 valence electrons. The molecule has 30 heavy (non-hydrogen) atoms. The van der Waals surface area contributed by atoms with Crippen LogP contribution in [0, 0.1) is 0 Å². The van der Waals surface area contributed by atoms with E-state index < -0.39 is 0 Å². The number of thioether (sulfide) groups is 2. The highest BCUT2D eigenvalue weighted by atomic mass is 32.2. The van der Waals surface area contributed by atoms with Gasteiger partial charge in [-0.1, -0.05) is 84.6 Å². The standard InChI is InChI=1S/C25H22N2OS2/c28-24-23-22(14-16-29-23)26-25(27(24)15-13-18-7-2-1-3-8-18)30-17-20-11-6-10-19-9-4-5-12-21(19)20/h1-12H,13-17H2. The summed E-state index contributed by atoms with van der Waals surface area (Å²) in [7, 11) is 0. The first-order chi connectivity index (χ1) is 14.8. The minimum absolute atomic E-state index is 0.124. The van der Waals surface area contributed by atoms with Crippen LogP contribution in [0.25, 0.3) is 10.8 Å². The Balaban J connectivity index is 1.46. The van der Waals surface area contributed by atoms with Crippen molar-refractivity contribution in [1.29, 1.82) is 0 Å². The van der Waals surface area contributed by atoms with Crippen molar-refractivity contribution in [2.24, 2.45) is 0 Å². The third kappa shape index (κ3) is 3.92. The Labute approximate surface area is 184 Å². The number of aryl methyl sites for hydroxylation is 2. The monoisotopic (exact) mass is 430 g/mol. The molecule has 0 fully saturated rings. The summed E-state index contributed by atoms with van der Waals surface area (Å²) >= 11 is 3.32. The van der Waals surface area contributed by atoms with Gasteiger partial charge in [0.05, 0.1) is 10.6 Å². The lowest BCUT2D eigenvalue weighted by Crippen LogP contribution is -2.26. The Bertz CT molecular complexity index is 1250. The summed E-state index contributed by atoms with van der Waals surface area (Å²) < 4.78 is 1.89. The van der Waals surface area contributed by atoms with Crippen molar-refractivity contribution in [3.05, 3.63) is 100.0 Å². The molecule has 0 radical (unpaired) electrons. The van der Waals surface area contributed by atoms with Crippen LogP contribution in [-0.2, 0) is 25.1 Å². The zero-order chi connectivity index (χ0) is 20.3. The van der Waals surface area contributed by atoms with Crippen LogP contribution < -0.4 is 5.56 Å². The largest absolute Gasteiger partial charge is 0.286 e. The first-order valence-electron chi connectivity index (χ1n) is 10.2. The van der Waals surface area contributed by atoms with Crippen molar-refractivity contribution in [3.63, 3.8) is 0 Å². The maximum atomic E-state index is 13.2. The number of fused-ring (bicyclic) bond motifs is 2. The maximum Gasteiger partial charge on any atom is 0.268 e. The smallest absolute Gasteiger partial charge is 0.268 e. The SMILES string of the molecule is O=c1c2c(nc(SCc3cccc4ccccc34)n1CCc1ccccc1)CCS2. The molecule has 4 aromatic rings. The van der Waals surface area contributed by atoms with Crippen LogP contribution in [0.3, 0.4) is 0 Å². The van der Waals surface area contributed by atoms with E-state index in [0.29, 0.717) is 6.54 Å². The predicted molar refractivity (Wildman–Crippen MR) is 127 cm³/mol. The Hall–Kier alpha value is -2.50. The highest BCUT2D eigenvalue weighted by Gasteiger charge is 2.21. The molecule has 1 aliphatic heterocycles. The molecule has 0 spiro atoms. The lowest BCUT2D eigenvalue weighted by atomic mass is 10.1. The van der Waals surface area contributed by atoms with Crippen molar-refractivity contribution < 1.29 is 0 Å². The van der Waals surface area contributed by atoms with Crippen molar-refractivity contribution in [2.45, 2.75) is 35.2 Å². The molecule has 0 bridgehead atoms. The average Bonchev–Trinajstić information content (AvgIpc) is 3.27. The molecule has 0 N–H and O–H groups in total. The molecule has 2 heterocycles. The minimum atomic E-state index is 0.124. The van der Waals surface area contributed by atoms with Crippen molar-refractivity contribution in [1.82, 2.24) is 9.55 Å². The normalized spacial score (nSPS) is 12.9. The van der Waals surface area contributed by atoms with E-state index in [1.54, 1.807) is 23.5 Å². The fourth-order valence-corrected chi connectivity index (χ4v) is 5.97. The Morgan fingerprint density at radius 2 is 1.77 bits per heavy atom. The summed E-state index contributed by atoms with van der Waals surface area (Å²) in [6.45, 7) is 0.654. The van der Waals surface area contributed by atoms with Gasteiger partial charge >= 0.3 is 0 Å². The van der Waals surface area contributed by atoms with Gasteiger partial charge in [-0.05, 0) is 28.3 Å². The maximum absolute atomic E-state index is 13.2. The van der Waals surface area contributed by atoms with Crippen LogP contribution in [0.2, 0.25) is 0 Å². The van der Waals surface area contributed by atoms with Crippen molar-refractivity contribution in [3.8, 4) is 0 Å². The topological polar surface area (TPSA) is 34.9 Å². The van der Waals surface area contributed by atoms with Gasteiger partial charge in [0.15, 0.2) is 5.16 Å².